The van der Waals surface area contributed by atoms with Gasteiger partial charge in [0.15, 0.2) is 5.76 Å². The number of allylic oxidation sites excluding steroid dienone is 1. The number of fused-ring (bicyclic) bond motifs is 1. The SMILES string of the molecule is CCCCCCCCCCCCCCCC(=O)Oc1ccc2c(c1)C(=O)/C(=C/c1ccc(F)cc1)O2. The Labute approximate surface area is 214 Å². The van der Waals surface area contributed by atoms with Gasteiger partial charge >= 0.3 is 5.97 Å². The van der Waals surface area contributed by atoms with Crippen molar-refractivity contribution in [3.8, 4) is 11.5 Å². The molecular weight excluding hydrogens is 455 g/mol. The molecule has 0 spiro atoms. The van der Waals surface area contributed by atoms with Crippen LogP contribution in [0.3, 0.4) is 0 Å². The second-order valence-electron chi connectivity index (χ2n) is 9.62. The largest absolute Gasteiger partial charge is 0.452 e. The van der Waals surface area contributed by atoms with Crippen molar-refractivity contribution < 1.29 is 23.5 Å². The molecule has 0 saturated heterocycles. The van der Waals surface area contributed by atoms with Crippen LogP contribution in [0, 0.1) is 5.82 Å². The van der Waals surface area contributed by atoms with Crippen LogP contribution < -0.4 is 9.47 Å². The van der Waals surface area contributed by atoms with E-state index in [1.807, 2.05) is 0 Å². The summed E-state index contributed by atoms with van der Waals surface area (Å²) in [4.78, 5) is 25.0. The molecule has 4 nitrogen and oxygen atoms in total. The summed E-state index contributed by atoms with van der Waals surface area (Å²) in [7, 11) is 0. The van der Waals surface area contributed by atoms with E-state index >= 15 is 0 Å². The summed E-state index contributed by atoms with van der Waals surface area (Å²) < 4.78 is 24.2. The zero-order chi connectivity index (χ0) is 25.6. The third-order valence-corrected chi connectivity index (χ3v) is 6.52. The first-order valence-electron chi connectivity index (χ1n) is 13.6. The van der Waals surface area contributed by atoms with Gasteiger partial charge in [-0.2, -0.15) is 0 Å². The zero-order valence-electron chi connectivity index (χ0n) is 21.5. The molecule has 0 amide bonds. The summed E-state index contributed by atoms with van der Waals surface area (Å²) in [6.45, 7) is 2.25. The highest BCUT2D eigenvalue weighted by atomic mass is 19.1. The van der Waals surface area contributed by atoms with E-state index in [9.17, 15) is 14.0 Å². The molecule has 0 fully saturated rings. The van der Waals surface area contributed by atoms with Crippen LogP contribution in [0.1, 0.15) is 113 Å². The first kappa shape index (κ1) is 27.6. The second-order valence-corrected chi connectivity index (χ2v) is 9.62. The van der Waals surface area contributed by atoms with Crippen LogP contribution in [0.5, 0.6) is 11.5 Å². The topological polar surface area (TPSA) is 52.6 Å². The molecule has 5 heteroatoms. The maximum absolute atomic E-state index is 13.1. The molecule has 0 unspecified atom stereocenters. The van der Waals surface area contributed by atoms with Crippen molar-refractivity contribution in [2.24, 2.45) is 0 Å². The van der Waals surface area contributed by atoms with Crippen LogP contribution in [0.2, 0.25) is 0 Å². The van der Waals surface area contributed by atoms with Crippen molar-refractivity contribution in [1.82, 2.24) is 0 Å². The fourth-order valence-corrected chi connectivity index (χ4v) is 4.41. The average Bonchev–Trinajstić information content (AvgIpc) is 3.18. The van der Waals surface area contributed by atoms with E-state index in [1.165, 1.54) is 76.3 Å². The van der Waals surface area contributed by atoms with Gasteiger partial charge in [0, 0.05) is 6.42 Å². The number of halogens is 1. The van der Waals surface area contributed by atoms with Crippen molar-refractivity contribution >= 4 is 17.8 Å². The van der Waals surface area contributed by atoms with E-state index in [4.69, 9.17) is 9.47 Å². The van der Waals surface area contributed by atoms with Gasteiger partial charge in [0.25, 0.3) is 0 Å². The van der Waals surface area contributed by atoms with Crippen LogP contribution in [0.4, 0.5) is 4.39 Å². The summed E-state index contributed by atoms with van der Waals surface area (Å²) in [6.07, 6.45) is 18.3. The maximum Gasteiger partial charge on any atom is 0.311 e. The van der Waals surface area contributed by atoms with Crippen LogP contribution >= 0.6 is 0 Å². The van der Waals surface area contributed by atoms with Gasteiger partial charge in [0.2, 0.25) is 5.78 Å². The minimum atomic E-state index is -0.343. The van der Waals surface area contributed by atoms with Crippen LogP contribution in [0.15, 0.2) is 48.2 Å². The lowest BCUT2D eigenvalue weighted by atomic mass is 10.0. The fourth-order valence-electron chi connectivity index (χ4n) is 4.41. The summed E-state index contributed by atoms with van der Waals surface area (Å²) >= 11 is 0. The molecule has 1 aliphatic rings. The van der Waals surface area contributed by atoms with Gasteiger partial charge in [0.1, 0.15) is 17.3 Å². The Bertz CT molecular complexity index is 1010. The number of hydrogen-bond donors (Lipinski definition) is 0. The molecule has 0 radical (unpaired) electrons. The minimum Gasteiger partial charge on any atom is -0.452 e. The predicted molar refractivity (Wildman–Crippen MR) is 142 cm³/mol. The van der Waals surface area contributed by atoms with Gasteiger partial charge in [0.05, 0.1) is 5.56 Å². The third-order valence-electron chi connectivity index (χ3n) is 6.52. The molecule has 0 aromatic heterocycles. The standard InChI is InChI=1S/C31H39FO4/c1-2-3-4-5-6-7-8-9-10-11-12-13-14-15-30(33)35-26-20-21-28-27(23-26)31(34)29(36-28)22-24-16-18-25(32)19-17-24/h16-23H,2-15H2,1H3/b29-22-. The molecule has 1 heterocycles. The molecular formula is C31H39FO4. The minimum absolute atomic E-state index is 0.159. The number of esters is 1. The van der Waals surface area contributed by atoms with E-state index in [1.54, 1.807) is 36.4 Å². The Morgan fingerprint density at radius 3 is 2.03 bits per heavy atom. The number of ketones is 1. The molecule has 0 saturated carbocycles. The van der Waals surface area contributed by atoms with Crippen molar-refractivity contribution in [3.63, 3.8) is 0 Å². The monoisotopic (exact) mass is 494 g/mol. The van der Waals surface area contributed by atoms with E-state index in [-0.39, 0.29) is 23.3 Å². The third kappa shape index (κ3) is 9.25. The zero-order valence-corrected chi connectivity index (χ0v) is 21.5. The smallest absolute Gasteiger partial charge is 0.311 e. The second kappa shape index (κ2) is 15.2. The van der Waals surface area contributed by atoms with Crippen molar-refractivity contribution in [2.75, 3.05) is 0 Å². The highest BCUT2D eigenvalue weighted by molar-refractivity contribution is 6.14. The number of ether oxygens (including phenoxy) is 2. The molecule has 2 aromatic rings. The van der Waals surface area contributed by atoms with Crippen molar-refractivity contribution in [3.05, 3.63) is 65.2 Å². The number of carbonyl (C=O) groups excluding carboxylic acids is 2. The summed E-state index contributed by atoms with van der Waals surface area (Å²) in [5.41, 5.74) is 1.02. The summed E-state index contributed by atoms with van der Waals surface area (Å²) in [5, 5.41) is 0. The molecule has 0 bridgehead atoms. The first-order valence-corrected chi connectivity index (χ1v) is 13.6. The van der Waals surface area contributed by atoms with E-state index < -0.39 is 0 Å². The Hall–Kier alpha value is -2.95. The number of unbranched alkanes of at least 4 members (excludes halogenated alkanes) is 12. The van der Waals surface area contributed by atoms with Gasteiger partial charge in [-0.25, -0.2) is 4.39 Å². The molecule has 36 heavy (non-hydrogen) atoms. The normalized spacial score (nSPS) is 13.6. The Kier molecular flexibility index (Phi) is 11.7. The molecule has 0 aliphatic carbocycles. The average molecular weight is 495 g/mol. The molecule has 0 atom stereocenters. The predicted octanol–water partition coefficient (Wildman–Crippen LogP) is 8.83. The van der Waals surface area contributed by atoms with E-state index in [0.29, 0.717) is 29.0 Å². The first-order chi connectivity index (χ1) is 17.6. The van der Waals surface area contributed by atoms with Gasteiger partial charge in [-0.05, 0) is 48.4 Å². The number of hydrogen-bond acceptors (Lipinski definition) is 4. The van der Waals surface area contributed by atoms with Crippen molar-refractivity contribution in [2.45, 2.75) is 96.8 Å². The summed E-state index contributed by atoms with van der Waals surface area (Å²) in [5.74, 6) is 0.00434. The highest BCUT2D eigenvalue weighted by Gasteiger charge is 2.28. The fraction of sp³-hybridized carbons (Fsp3) is 0.484. The molecule has 3 rings (SSSR count). The highest BCUT2D eigenvalue weighted by Crippen LogP contribution is 2.34. The number of carbonyl (C=O) groups is 2. The van der Waals surface area contributed by atoms with Crippen LogP contribution in [0.25, 0.3) is 6.08 Å². The van der Waals surface area contributed by atoms with Crippen LogP contribution in [-0.4, -0.2) is 11.8 Å². The van der Waals surface area contributed by atoms with Gasteiger partial charge in [-0.15, -0.1) is 0 Å². The number of benzene rings is 2. The Balaban J connectivity index is 1.30. The van der Waals surface area contributed by atoms with E-state index in [2.05, 4.69) is 6.92 Å². The maximum atomic E-state index is 13.1. The quantitative estimate of drug-likeness (QED) is 0.101. The van der Waals surface area contributed by atoms with Gasteiger partial charge in [-0.1, -0.05) is 96.1 Å². The Morgan fingerprint density at radius 2 is 1.42 bits per heavy atom. The van der Waals surface area contributed by atoms with Crippen LogP contribution in [-0.2, 0) is 4.79 Å². The lowest BCUT2D eigenvalue weighted by Gasteiger charge is -2.06. The Morgan fingerprint density at radius 1 is 0.833 bits per heavy atom. The molecule has 1 aliphatic heterocycles. The molecule has 0 N–H and O–H groups in total. The number of Topliss-reactive ketones (excluding diaryl/α,β-unsaturated/α-hetero) is 1. The summed E-state index contributed by atoms with van der Waals surface area (Å²) in [6, 6.07) is 10.6. The molecule has 194 valence electrons. The molecule has 2 aromatic carbocycles. The van der Waals surface area contributed by atoms with Crippen molar-refractivity contribution in [1.29, 1.82) is 0 Å². The lowest BCUT2D eigenvalue weighted by Crippen LogP contribution is -2.08. The van der Waals surface area contributed by atoms with Gasteiger partial charge in [-0.3, -0.25) is 9.59 Å². The van der Waals surface area contributed by atoms with E-state index in [0.717, 1.165) is 19.3 Å². The number of rotatable bonds is 16. The lowest BCUT2D eigenvalue weighted by molar-refractivity contribution is -0.134. The van der Waals surface area contributed by atoms with Gasteiger partial charge < -0.3 is 9.47 Å².